The summed E-state index contributed by atoms with van der Waals surface area (Å²) in [6.45, 7) is 3.26. The number of carbonyl (C=O) groups excluding carboxylic acids is 1. The monoisotopic (exact) mass is 350 g/mol. The van der Waals surface area contributed by atoms with Crippen molar-refractivity contribution in [3.8, 4) is 17.2 Å². The molecule has 9 heteroatoms. The van der Waals surface area contributed by atoms with Crippen LogP contribution in [0.4, 0.5) is 0 Å². The lowest BCUT2D eigenvalue weighted by Gasteiger charge is -2.44. The molecule has 3 aliphatic rings. The second kappa shape index (κ2) is 6.40. The number of nitrogens with zero attached hydrogens (tertiary/aromatic N) is 3. The summed E-state index contributed by atoms with van der Waals surface area (Å²) in [7, 11) is 1.43. The molecule has 0 radical (unpaired) electrons. The minimum Gasteiger partial charge on any atom is -0.452 e. The van der Waals surface area contributed by atoms with Crippen LogP contribution in [0.15, 0.2) is 16.5 Å². The molecule has 0 saturated carbocycles. The van der Waals surface area contributed by atoms with Gasteiger partial charge in [-0.2, -0.15) is 0 Å². The smallest absolute Gasteiger partial charge is 0.423 e. The van der Waals surface area contributed by atoms with E-state index < -0.39 is 0 Å². The molecule has 3 aliphatic heterocycles. The fraction of sp³-hybridized carbons (Fsp3) is 0.533. The van der Waals surface area contributed by atoms with Crippen molar-refractivity contribution in [3.63, 3.8) is 0 Å². The van der Waals surface area contributed by atoms with Gasteiger partial charge in [0.15, 0.2) is 5.06 Å². The number of thiophene rings is 1. The molecule has 2 bridgehead atoms. The van der Waals surface area contributed by atoms with Gasteiger partial charge in [0.1, 0.15) is 0 Å². The highest BCUT2D eigenvalue weighted by atomic mass is 32.1. The highest BCUT2D eigenvalue weighted by molar-refractivity contribution is 7.15. The van der Waals surface area contributed by atoms with Crippen molar-refractivity contribution in [3.05, 3.63) is 17.0 Å². The number of hydrogen-bond acceptors (Lipinski definition) is 8. The van der Waals surface area contributed by atoms with E-state index in [1.807, 2.05) is 0 Å². The van der Waals surface area contributed by atoms with Gasteiger partial charge in [0.2, 0.25) is 0 Å². The summed E-state index contributed by atoms with van der Waals surface area (Å²) in [4.78, 5) is 15.5. The Hall–Kier alpha value is -2.13. The maximum atomic E-state index is 12.5. The fourth-order valence-corrected chi connectivity index (χ4v) is 4.03. The summed E-state index contributed by atoms with van der Waals surface area (Å²) >= 11 is 1.24. The van der Waals surface area contributed by atoms with Crippen LogP contribution in [0, 0.1) is 5.92 Å². The SMILES string of the molecule is COc1nnc(Oc2ccc(C(=O)N[C@H]3CN4CCC3CC4)s2)o1. The van der Waals surface area contributed by atoms with Crippen molar-refractivity contribution in [1.82, 2.24) is 20.4 Å². The van der Waals surface area contributed by atoms with E-state index in [1.165, 1.54) is 31.3 Å². The van der Waals surface area contributed by atoms with E-state index in [4.69, 9.17) is 13.9 Å². The lowest BCUT2D eigenvalue weighted by atomic mass is 9.84. The van der Waals surface area contributed by atoms with Gasteiger partial charge in [-0.3, -0.25) is 4.79 Å². The number of carbonyl (C=O) groups is 1. The largest absolute Gasteiger partial charge is 0.452 e. The van der Waals surface area contributed by atoms with Crippen LogP contribution >= 0.6 is 11.3 Å². The normalized spacial score (nSPS) is 25.5. The van der Waals surface area contributed by atoms with Crippen LogP contribution in [0.3, 0.4) is 0 Å². The molecule has 8 nitrogen and oxygen atoms in total. The zero-order valence-corrected chi connectivity index (χ0v) is 14.0. The molecule has 5 heterocycles. The number of ether oxygens (including phenoxy) is 2. The van der Waals surface area contributed by atoms with Gasteiger partial charge >= 0.3 is 12.2 Å². The molecular formula is C15H18N4O4S. The molecule has 5 rings (SSSR count). The Bertz CT molecular complexity index is 723. The van der Waals surface area contributed by atoms with Gasteiger partial charge in [-0.05, 0) is 44.0 Å². The third-order valence-electron chi connectivity index (χ3n) is 4.53. The predicted octanol–water partition coefficient (Wildman–Crippen LogP) is 1.76. The minimum absolute atomic E-state index is 0.0157. The Kier molecular flexibility index (Phi) is 4.11. The number of nitrogens with one attached hydrogen (secondary N) is 1. The van der Waals surface area contributed by atoms with Crippen LogP contribution < -0.4 is 14.8 Å². The van der Waals surface area contributed by atoms with E-state index in [0.29, 0.717) is 15.9 Å². The maximum Gasteiger partial charge on any atom is 0.423 e. The van der Waals surface area contributed by atoms with Gasteiger partial charge in [0, 0.05) is 12.6 Å². The number of piperidine rings is 3. The molecule has 3 saturated heterocycles. The molecule has 0 unspecified atom stereocenters. The first-order valence-corrected chi connectivity index (χ1v) is 8.71. The molecule has 0 spiro atoms. The summed E-state index contributed by atoms with van der Waals surface area (Å²) in [6, 6.07) is 3.70. The third-order valence-corrected chi connectivity index (χ3v) is 5.49. The number of hydrogen-bond donors (Lipinski definition) is 1. The van der Waals surface area contributed by atoms with Crippen LogP contribution in [-0.2, 0) is 0 Å². The van der Waals surface area contributed by atoms with Gasteiger partial charge in [0.25, 0.3) is 5.91 Å². The number of methoxy groups -OCH3 is 1. The third kappa shape index (κ3) is 3.09. The van der Waals surface area contributed by atoms with Crippen LogP contribution in [0.5, 0.6) is 17.2 Å². The molecule has 24 heavy (non-hydrogen) atoms. The lowest BCUT2D eigenvalue weighted by Crippen LogP contribution is -2.57. The highest BCUT2D eigenvalue weighted by Gasteiger charge is 2.35. The number of rotatable bonds is 5. The zero-order chi connectivity index (χ0) is 16.5. The average Bonchev–Trinajstić information content (AvgIpc) is 3.26. The second-order valence-corrected chi connectivity index (χ2v) is 7.02. The van der Waals surface area contributed by atoms with Crippen LogP contribution in [0.1, 0.15) is 22.5 Å². The van der Waals surface area contributed by atoms with Crippen molar-refractivity contribution in [2.45, 2.75) is 18.9 Å². The van der Waals surface area contributed by atoms with E-state index in [1.54, 1.807) is 12.1 Å². The van der Waals surface area contributed by atoms with Crippen molar-refractivity contribution >= 4 is 17.2 Å². The molecule has 1 amide bonds. The van der Waals surface area contributed by atoms with Crippen LogP contribution in [-0.4, -0.2) is 53.8 Å². The quantitative estimate of drug-likeness (QED) is 0.878. The molecule has 0 aromatic carbocycles. The van der Waals surface area contributed by atoms with Gasteiger partial charge in [-0.25, -0.2) is 0 Å². The van der Waals surface area contributed by atoms with Crippen molar-refractivity contribution in [1.29, 1.82) is 0 Å². The zero-order valence-electron chi connectivity index (χ0n) is 13.2. The van der Waals surface area contributed by atoms with Gasteiger partial charge in [0.05, 0.1) is 12.0 Å². The van der Waals surface area contributed by atoms with E-state index in [0.717, 1.165) is 19.6 Å². The number of aromatic nitrogens is 2. The molecular weight excluding hydrogens is 332 g/mol. The fourth-order valence-electron chi connectivity index (χ4n) is 3.27. The molecule has 1 N–H and O–H groups in total. The minimum atomic E-state index is -0.0586. The van der Waals surface area contributed by atoms with Crippen molar-refractivity contribution in [2.75, 3.05) is 26.7 Å². The van der Waals surface area contributed by atoms with Crippen molar-refractivity contribution < 1.29 is 18.7 Å². The van der Waals surface area contributed by atoms with E-state index in [-0.39, 0.29) is 24.1 Å². The molecule has 2 aromatic rings. The summed E-state index contributed by atoms with van der Waals surface area (Å²) in [5.41, 5.74) is 0. The molecule has 1 atom stereocenters. The first-order valence-electron chi connectivity index (χ1n) is 7.89. The Morgan fingerprint density at radius 2 is 2.12 bits per heavy atom. The van der Waals surface area contributed by atoms with E-state index in [9.17, 15) is 4.79 Å². The average molecular weight is 350 g/mol. The summed E-state index contributed by atoms with van der Waals surface area (Å²) in [5.74, 6) is 0.539. The summed E-state index contributed by atoms with van der Waals surface area (Å²) < 4.78 is 15.3. The molecule has 3 fully saturated rings. The maximum absolute atomic E-state index is 12.5. The topological polar surface area (TPSA) is 89.7 Å². The second-order valence-electron chi connectivity index (χ2n) is 5.98. The Labute approximate surface area is 142 Å². The molecule has 128 valence electrons. The number of fused-ring (bicyclic) bond motifs is 3. The Balaban J connectivity index is 1.38. The lowest BCUT2D eigenvalue weighted by molar-refractivity contribution is 0.0622. The Morgan fingerprint density at radius 1 is 1.33 bits per heavy atom. The van der Waals surface area contributed by atoms with Gasteiger partial charge in [-0.1, -0.05) is 21.5 Å². The first kappa shape index (κ1) is 15.4. The van der Waals surface area contributed by atoms with E-state index in [2.05, 4.69) is 20.4 Å². The molecule has 2 aromatic heterocycles. The predicted molar refractivity (Wildman–Crippen MR) is 85.7 cm³/mol. The van der Waals surface area contributed by atoms with E-state index >= 15 is 0 Å². The standard InChI is InChI=1S/C15H18N4O4S/c1-21-14-17-18-15(23-14)22-12-3-2-11(24-12)13(20)16-10-8-19-6-4-9(10)5-7-19/h2-3,9-10H,4-8H2,1H3,(H,16,20)/t10-/m0/s1. The first-order chi connectivity index (χ1) is 11.7. The van der Waals surface area contributed by atoms with Crippen LogP contribution in [0.25, 0.3) is 0 Å². The molecule has 0 aliphatic carbocycles. The highest BCUT2D eigenvalue weighted by Crippen LogP contribution is 2.31. The summed E-state index contributed by atoms with van der Waals surface area (Å²) in [5, 5.41) is 11.0. The van der Waals surface area contributed by atoms with Crippen LogP contribution in [0.2, 0.25) is 0 Å². The van der Waals surface area contributed by atoms with Crippen molar-refractivity contribution in [2.24, 2.45) is 5.92 Å². The Morgan fingerprint density at radius 3 is 2.79 bits per heavy atom. The number of amides is 1. The summed E-state index contributed by atoms with van der Waals surface area (Å²) in [6.07, 6.45) is 2.35. The van der Waals surface area contributed by atoms with Gasteiger partial charge in [-0.15, -0.1) is 0 Å². The van der Waals surface area contributed by atoms with Gasteiger partial charge < -0.3 is 24.1 Å².